The second-order valence-electron chi connectivity index (χ2n) is 2.37. The number of carbonyl (C=O) groups excluding carboxylic acids is 1. The van der Waals surface area contributed by atoms with Crippen LogP contribution in [0.2, 0.25) is 0 Å². The Labute approximate surface area is 83.0 Å². The highest BCUT2D eigenvalue weighted by molar-refractivity contribution is 7.79. The molecular weight excluding hydrogens is 240 g/mol. The van der Waals surface area contributed by atoms with E-state index in [0.717, 1.165) is 0 Å². The van der Waals surface area contributed by atoms with E-state index in [1.807, 2.05) is 0 Å². The van der Waals surface area contributed by atoms with Gasteiger partial charge in [-0.15, -0.1) is 0 Å². The first-order valence-corrected chi connectivity index (χ1v) is 4.44. The summed E-state index contributed by atoms with van der Waals surface area (Å²) in [5, 5.41) is 0. The van der Waals surface area contributed by atoms with E-state index in [4.69, 9.17) is 4.55 Å². The van der Waals surface area contributed by atoms with Gasteiger partial charge in [0.2, 0.25) is 0 Å². The SMILES string of the molecule is O=Cc1c(F)c(F)c(S(=O)O)c(F)c1F. The van der Waals surface area contributed by atoms with Crippen LogP contribution in [0.15, 0.2) is 4.90 Å². The minimum Gasteiger partial charge on any atom is -0.302 e. The molecule has 1 atom stereocenters. The van der Waals surface area contributed by atoms with Crippen LogP contribution in [-0.2, 0) is 11.1 Å². The number of hydrogen-bond acceptors (Lipinski definition) is 2. The van der Waals surface area contributed by atoms with E-state index in [1.165, 1.54) is 0 Å². The number of hydrogen-bond donors (Lipinski definition) is 1. The van der Waals surface area contributed by atoms with Gasteiger partial charge in [-0.2, -0.15) is 0 Å². The zero-order valence-electron chi connectivity index (χ0n) is 6.76. The molecule has 0 aliphatic heterocycles. The molecule has 0 aliphatic carbocycles. The number of halogens is 4. The molecule has 8 heteroatoms. The van der Waals surface area contributed by atoms with Crippen molar-refractivity contribution in [2.75, 3.05) is 0 Å². The molecule has 0 saturated carbocycles. The highest BCUT2D eigenvalue weighted by Gasteiger charge is 2.27. The fourth-order valence-corrected chi connectivity index (χ4v) is 1.37. The normalized spacial score (nSPS) is 12.6. The Hall–Kier alpha value is -1.28. The maximum Gasteiger partial charge on any atom is 0.192 e. The maximum absolute atomic E-state index is 12.8. The molecule has 82 valence electrons. The molecule has 15 heavy (non-hydrogen) atoms. The van der Waals surface area contributed by atoms with E-state index in [-0.39, 0.29) is 0 Å². The fraction of sp³-hybridized carbons (Fsp3) is 0. The standard InChI is InChI=1S/C7H2F4O3S/c8-3-2(1-12)4(9)6(11)7(5(3)10)15(13)14/h1H,(H,13,14). The van der Waals surface area contributed by atoms with Crippen molar-refractivity contribution in [3.8, 4) is 0 Å². The average molecular weight is 242 g/mol. The molecule has 1 N–H and O–H groups in total. The summed E-state index contributed by atoms with van der Waals surface area (Å²) in [6.07, 6.45) is -0.430. The van der Waals surface area contributed by atoms with E-state index in [9.17, 15) is 26.6 Å². The lowest BCUT2D eigenvalue weighted by Gasteiger charge is -2.05. The third kappa shape index (κ3) is 1.77. The number of aldehydes is 1. The van der Waals surface area contributed by atoms with Crippen molar-refractivity contribution >= 4 is 17.4 Å². The van der Waals surface area contributed by atoms with Gasteiger partial charge >= 0.3 is 0 Å². The molecule has 1 aromatic rings. The molecule has 3 nitrogen and oxygen atoms in total. The molecule has 0 amide bonds. The Kier molecular flexibility index (Phi) is 3.20. The van der Waals surface area contributed by atoms with Crippen LogP contribution in [0.25, 0.3) is 0 Å². The molecular formula is C7H2F4O3S. The van der Waals surface area contributed by atoms with Crippen molar-refractivity contribution in [3.05, 3.63) is 28.8 Å². The van der Waals surface area contributed by atoms with Crippen molar-refractivity contribution in [2.24, 2.45) is 0 Å². The number of benzene rings is 1. The average Bonchev–Trinajstić information content (AvgIpc) is 2.16. The summed E-state index contributed by atoms with van der Waals surface area (Å²) >= 11 is -3.23. The zero-order chi connectivity index (χ0) is 11.7. The molecule has 0 saturated heterocycles. The van der Waals surface area contributed by atoms with Crippen molar-refractivity contribution < 1.29 is 31.1 Å². The van der Waals surface area contributed by atoms with Gasteiger partial charge in [0.15, 0.2) is 40.6 Å². The molecule has 0 spiro atoms. The van der Waals surface area contributed by atoms with Crippen LogP contribution in [-0.4, -0.2) is 15.0 Å². The van der Waals surface area contributed by atoms with Crippen molar-refractivity contribution in [1.82, 2.24) is 0 Å². The van der Waals surface area contributed by atoms with Gasteiger partial charge in [-0.1, -0.05) is 0 Å². The zero-order valence-corrected chi connectivity index (χ0v) is 7.58. The largest absolute Gasteiger partial charge is 0.302 e. The number of rotatable bonds is 2. The second kappa shape index (κ2) is 4.07. The Balaban J connectivity index is 3.74. The number of carbonyl (C=O) groups is 1. The quantitative estimate of drug-likeness (QED) is 0.371. The third-order valence-electron chi connectivity index (χ3n) is 1.55. The smallest absolute Gasteiger partial charge is 0.192 e. The second-order valence-corrected chi connectivity index (χ2v) is 3.27. The van der Waals surface area contributed by atoms with E-state index >= 15 is 0 Å². The van der Waals surface area contributed by atoms with Crippen molar-refractivity contribution in [3.63, 3.8) is 0 Å². The van der Waals surface area contributed by atoms with Gasteiger partial charge in [0.05, 0.1) is 5.56 Å². The van der Waals surface area contributed by atoms with Crippen LogP contribution in [0.3, 0.4) is 0 Å². The van der Waals surface area contributed by atoms with E-state index in [0.29, 0.717) is 0 Å². The lowest BCUT2D eigenvalue weighted by molar-refractivity contribution is 0.111. The van der Waals surface area contributed by atoms with Crippen LogP contribution in [0.4, 0.5) is 17.6 Å². The summed E-state index contributed by atoms with van der Waals surface area (Å²) in [6, 6.07) is 0. The van der Waals surface area contributed by atoms with E-state index in [1.54, 1.807) is 0 Å². The highest BCUT2D eigenvalue weighted by atomic mass is 32.2. The molecule has 0 fully saturated rings. The predicted octanol–water partition coefficient (Wildman–Crippen LogP) is 1.64. The Morgan fingerprint density at radius 1 is 1.00 bits per heavy atom. The molecule has 0 aromatic heterocycles. The molecule has 1 aromatic carbocycles. The van der Waals surface area contributed by atoms with Gasteiger partial charge in [-0.05, 0) is 0 Å². The van der Waals surface area contributed by atoms with Crippen molar-refractivity contribution in [1.29, 1.82) is 0 Å². The Morgan fingerprint density at radius 3 is 1.67 bits per heavy atom. The van der Waals surface area contributed by atoms with Gasteiger partial charge in [-0.3, -0.25) is 4.79 Å². The first-order valence-electron chi connectivity index (χ1n) is 3.33. The van der Waals surface area contributed by atoms with Crippen LogP contribution in [0.1, 0.15) is 10.4 Å². The fourth-order valence-electron chi connectivity index (χ4n) is 0.885. The third-order valence-corrected chi connectivity index (χ3v) is 2.26. The van der Waals surface area contributed by atoms with Gasteiger partial charge in [0.1, 0.15) is 4.90 Å². The first kappa shape index (κ1) is 11.8. The van der Waals surface area contributed by atoms with E-state index in [2.05, 4.69) is 0 Å². The topological polar surface area (TPSA) is 54.4 Å². The Bertz CT molecular complexity index is 431. The van der Waals surface area contributed by atoms with Crippen LogP contribution < -0.4 is 0 Å². The summed E-state index contributed by atoms with van der Waals surface area (Å²) in [6.45, 7) is 0. The lowest BCUT2D eigenvalue weighted by atomic mass is 10.2. The van der Waals surface area contributed by atoms with E-state index < -0.39 is 51.1 Å². The highest BCUT2D eigenvalue weighted by Crippen LogP contribution is 2.24. The maximum atomic E-state index is 12.8. The summed E-state index contributed by atoms with van der Waals surface area (Å²) in [4.78, 5) is 8.43. The van der Waals surface area contributed by atoms with Crippen LogP contribution >= 0.6 is 0 Å². The minimum atomic E-state index is -3.23. The molecule has 0 heterocycles. The van der Waals surface area contributed by atoms with Gasteiger partial charge in [-0.25, -0.2) is 21.8 Å². The van der Waals surface area contributed by atoms with Gasteiger partial charge in [0.25, 0.3) is 0 Å². The van der Waals surface area contributed by atoms with Gasteiger partial charge in [0, 0.05) is 0 Å². The van der Waals surface area contributed by atoms with Gasteiger partial charge < -0.3 is 4.55 Å². The summed E-state index contributed by atoms with van der Waals surface area (Å²) < 4.78 is 70.0. The van der Waals surface area contributed by atoms with Crippen molar-refractivity contribution in [2.45, 2.75) is 4.90 Å². The lowest BCUT2D eigenvalue weighted by Crippen LogP contribution is -2.09. The summed E-state index contributed by atoms with van der Waals surface area (Å²) in [5.74, 6) is -8.11. The summed E-state index contributed by atoms with van der Waals surface area (Å²) in [5.41, 5.74) is -1.46. The molecule has 1 rings (SSSR count). The monoisotopic (exact) mass is 242 g/mol. The minimum absolute atomic E-state index is 0.430. The van der Waals surface area contributed by atoms with Crippen LogP contribution in [0, 0.1) is 23.3 Å². The Morgan fingerprint density at radius 2 is 1.40 bits per heavy atom. The van der Waals surface area contributed by atoms with Crippen LogP contribution in [0.5, 0.6) is 0 Å². The molecule has 0 bridgehead atoms. The first-order chi connectivity index (χ1) is 6.91. The predicted molar refractivity (Wildman–Crippen MR) is 40.7 cm³/mol. The molecule has 0 aliphatic rings. The molecule has 1 unspecified atom stereocenters. The molecule has 0 radical (unpaired) electrons. The summed E-state index contributed by atoms with van der Waals surface area (Å²) in [7, 11) is 0.